The standard InChI is InChI=1S/C40H70N11O27P3S/c1-40(2,12-71-81(68,69)78-80(66,67)70-10-19-31(77-79(63,64)65)29(60)37(72-19)51-14-50-23-34(44)48-13-49-35(23)51)33(61)36(62)46-4-3-20(53)45-5-6-82-11-21(54)47-8-17-25(56)27(58)22(43)38(73-17)75-30-16(42)7-15(41)24(55)32(30)76-39-28(59)26(57)18(9-52)74-39/h13-19,22,24-33,37-39,52,55-61H,3-12,41-43H2,1-2H3,(H,45,53)(H,46,62)(H,47,54)(H,66,67)(H,68,69)(H2,44,48,49)(H2,63,64,65)/t15-,16+,17-,18-,19-,22-,24+,25-,26-,27-,28-,29-,30-,31-,32-,33-,37-,38-,39?/m1/s1. The van der Waals surface area contributed by atoms with Crippen LogP contribution in [0.3, 0.4) is 0 Å². The lowest BCUT2D eigenvalue weighted by Gasteiger charge is -2.47. The van der Waals surface area contributed by atoms with Crippen LogP contribution < -0.4 is 38.9 Å². The van der Waals surface area contributed by atoms with Crippen molar-refractivity contribution < 1.29 is 130 Å². The molecule has 1 aliphatic carbocycles. The molecule has 3 aliphatic heterocycles. The molecule has 5 heterocycles. The number of phosphoric acid groups is 3. The van der Waals surface area contributed by atoms with Crippen molar-refractivity contribution >= 4 is 69.9 Å². The molecule has 2 aromatic rings. The number of hydrogen-bond acceptors (Lipinski definition) is 31. The first-order chi connectivity index (χ1) is 38.2. The zero-order valence-corrected chi connectivity index (χ0v) is 47.0. The molecule has 3 saturated heterocycles. The van der Waals surface area contributed by atoms with Crippen LogP contribution in [0.15, 0.2) is 12.7 Å². The van der Waals surface area contributed by atoms with E-state index in [9.17, 15) is 88.5 Å². The number of carbonyl (C=O) groups is 3. The minimum absolute atomic E-state index is 0.00107. The number of nitrogens with two attached hydrogens (primary N) is 4. The summed E-state index contributed by atoms with van der Waals surface area (Å²) in [5.41, 5.74) is 22.7. The van der Waals surface area contributed by atoms with E-state index in [0.717, 1.165) is 29.0 Å². The molecule has 0 spiro atoms. The molecule has 21 atom stereocenters. The van der Waals surface area contributed by atoms with Crippen molar-refractivity contribution in [1.29, 1.82) is 0 Å². The van der Waals surface area contributed by atoms with Crippen LogP contribution in [0.2, 0.25) is 0 Å². The molecule has 4 aliphatic rings. The number of aromatic nitrogens is 4. The highest BCUT2D eigenvalue weighted by Gasteiger charge is 2.54. The van der Waals surface area contributed by atoms with E-state index in [2.05, 4.69) is 39.7 Å². The van der Waals surface area contributed by atoms with Gasteiger partial charge in [-0.1, -0.05) is 13.8 Å². The third kappa shape index (κ3) is 17.5. The van der Waals surface area contributed by atoms with Gasteiger partial charge < -0.3 is 123 Å². The van der Waals surface area contributed by atoms with Gasteiger partial charge in [0.2, 0.25) is 17.7 Å². The van der Waals surface area contributed by atoms with Gasteiger partial charge in [0, 0.05) is 49.3 Å². The minimum atomic E-state index is -5.65. The first kappa shape index (κ1) is 68.0. The van der Waals surface area contributed by atoms with E-state index in [1.165, 1.54) is 13.8 Å². The highest BCUT2D eigenvalue weighted by molar-refractivity contribution is 7.99. The van der Waals surface area contributed by atoms with Gasteiger partial charge in [-0.3, -0.25) is 32.5 Å². The predicted molar refractivity (Wildman–Crippen MR) is 273 cm³/mol. The van der Waals surface area contributed by atoms with Crippen LogP contribution in [0.1, 0.15) is 32.9 Å². The summed E-state index contributed by atoms with van der Waals surface area (Å²) in [7, 11) is -16.6. The van der Waals surface area contributed by atoms with Crippen LogP contribution in [-0.2, 0) is 69.6 Å². The Bertz CT molecular complexity index is 2640. The number of imidazole rings is 1. The van der Waals surface area contributed by atoms with Crippen LogP contribution in [0.5, 0.6) is 0 Å². The maximum atomic E-state index is 12.8. The molecule has 0 bridgehead atoms. The van der Waals surface area contributed by atoms with Crippen LogP contribution in [0, 0.1) is 5.41 Å². The number of fused-ring (bicyclic) bond motifs is 1. The van der Waals surface area contributed by atoms with E-state index in [-0.39, 0.29) is 61.0 Å². The van der Waals surface area contributed by atoms with E-state index in [1.54, 1.807) is 0 Å². The van der Waals surface area contributed by atoms with Gasteiger partial charge >= 0.3 is 23.5 Å². The van der Waals surface area contributed by atoms with E-state index >= 15 is 0 Å². The summed E-state index contributed by atoms with van der Waals surface area (Å²) in [5, 5.41) is 91.7. The molecule has 0 aromatic carbocycles. The highest BCUT2D eigenvalue weighted by atomic mass is 32.2. The van der Waals surface area contributed by atoms with Gasteiger partial charge in [0.15, 0.2) is 30.3 Å². The lowest BCUT2D eigenvalue weighted by atomic mass is 9.84. The normalized spacial score (nSPS) is 34.5. The number of ether oxygens (including phenoxy) is 5. The molecular weight excluding hydrogens is 1190 g/mol. The zero-order chi connectivity index (χ0) is 60.8. The van der Waals surface area contributed by atoms with E-state index in [0.29, 0.717) is 0 Å². The van der Waals surface area contributed by atoms with Gasteiger partial charge in [-0.15, -0.1) is 0 Å². The molecule has 468 valence electrons. The Hall–Kier alpha value is -3.16. The Balaban J connectivity index is 0.869. The van der Waals surface area contributed by atoms with Crippen LogP contribution >= 0.6 is 35.2 Å². The summed E-state index contributed by atoms with van der Waals surface area (Å²) in [5.74, 6) is -2.15. The quantitative estimate of drug-likeness (QED) is 0.0278. The molecule has 4 fully saturated rings. The summed E-state index contributed by atoms with van der Waals surface area (Å²) < 4.78 is 85.6. The predicted octanol–water partition coefficient (Wildman–Crippen LogP) is -8.34. The molecule has 6 rings (SSSR count). The van der Waals surface area contributed by atoms with Crippen molar-refractivity contribution in [2.45, 2.75) is 143 Å². The lowest BCUT2D eigenvalue weighted by Crippen LogP contribution is -2.68. The molecule has 0 radical (unpaired) electrons. The van der Waals surface area contributed by atoms with Crippen molar-refractivity contribution in [3.05, 3.63) is 12.7 Å². The number of amides is 3. The first-order valence-corrected chi connectivity index (χ1v) is 30.6. The number of rotatable bonds is 28. The maximum Gasteiger partial charge on any atom is 0.481 e. The van der Waals surface area contributed by atoms with Gasteiger partial charge in [-0.25, -0.2) is 28.6 Å². The third-order valence-corrected chi connectivity index (χ3v) is 17.3. The van der Waals surface area contributed by atoms with E-state index in [1.807, 2.05) is 0 Å². The van der Waals surface area contributed by atoms with Crippen molar-refractivity contribution in [3.8, 4) is 0 Å². The second kappa shape index (κ2) is 28.6. The average molecular weight is 1260 g/mol. The number of aliphatic hydroxyl groups is 8. The Morgan fingerprint density at radius 2 is 1.44 bits per heavy atom. The molecule has 1 saturated carbocycles. The first-order valence-electron chi connectivity index (χ1n) is 24.9. The molecule has 3 unspecified atom stereocenters. The van der Waals surface area contributed by atoms with Gasteiger partial charge in [0.1, 0.15) is 85.1 Å². The Kier molecular flexibility index (Phi) is 23.7. The van der Waals surface area contributed by atoms with Crippen molar-refractivity contribution in [2.24, 2.45) is 22.6 Å². The molecule has 82 heavy (non-hydrogen) atoms. The number of anilines is 1. The average Bonchev–Trinajstić information content (AvgIpc) is 3.93. The Morgan fingerprint density at radius 3 is 2.11 bits per heavy atom. The molecule has 42 heteroatoms. The van der Waals surface area contributed by atoms with Crippen molar-refractivity contribution in [3.63, 3.8) is 0 Å². The third-order valence-electron chi connectivity index (χ3n) is 13.3. The van der Waals surface area contributed by atoms with Crippen LogP contribution in [0.4, 0.5) is 5.82 Å². The number of aliphatic hydroxyl groups excluding tert-OH is 8. The fourth-order valence-electron chi connectivity index (χ4n) is 8.77. The van der Waals surface area contributed by atoms with E-state index < -0.39 is 183 Å². The largest absolute Gasteiger partial charge is 0.481 e. The number of hydrogen-bond donors (Lipinski definition) is 19. The number of carbonyl (C=O) groups excluding carboxylic acids is 3. The monoisotopic (exact) mass is 1260 g/mol. The van der Waals surface area contributed by atoms with Gasteiger partial charge in [-0.2, -0.15) is 16.1 Å². The fraction of sp³-hybridized carbons (Fsp3) is 0.800. The molecule has 2 aromatic heterocycles. The molecular formula is C40H70N11O27P3S. The van der Waals surface area contributed by atoms with Crippen LogP contribution in [-0.4, -0.2) is 259 Å². The van der Waals surface area contributed by atoms with Gasteiger partial charge in [0.05, 0.1) is 44.0 Å². The highest BCUT2D eigenvalue weighted by Crippen LogP contribution is 2.61. The second-order valence-electron chi connectivity index (χ2n) is 20.0. The summed E-state index contributed by atoms with van der Waals surface area (Å²) >= 11 is 1.09. The van der Waals surface area contributed by atoms with Crippen molar-refractivity contribution in [1.82, 2.24) is 35.5 Å². The second-order valence-corrected chi connectivity index (χ2v) is 25.3. The Labute approximate surface area is 469 Å². The maximum absolute atomic E-state index is 12.8. The summed E-state index contributed by atoms with van der Waals surface area (Å²) in [6, 6.07) is -3.27. The number of thioether (sulfide) groups is 1. The minimum Gasteiger partial charge on any atom is -0.394 e. The summed E-state index contributed by atoms with van der Waals surface area (Å²) in [4.78, 5) is 89.3. The van der Waals surface area contributed by atoms with E-state index in [4.69, 9.17) is 55.7 Å². The smallest absolute Gasteiger partial charge is 0.394 e. The van der Waals surface area contributed by atoms with Crippen LogP contribution in [0.25, 0.3) is 11.2 Å². The number of phosphoric ester groups is 3. The molecule has 38 nitrogen and oxygen atoms in total. The number of nitrogens with zero attached hydrogens (tertiary/aromatic N) is 4. The summed E-state index contributed by atoms with van der Waals surface area (Å²) in [6.07, 6.45) is -23.5. The molecule has 23 N–H and O–H groups in total. The van der Waals surface area contributed by atoms with Gasteiger partial charge in [0.25, 0.3) is 0 Å². The number of nitrogen functional groups attached to an aromatic ring is 1. The Morgan fingerprint density at radius 1 is 0.780 bits per heavy atom. The topological polar surface area (TPSA) is 612 Å². The number of nitrogens with one attached hydrogen (secondary N) is 3. The fourth-order valence-corrected chi connectivity index (χ4v) is 12.3. The molecule has 3 amide bonds. The zero-order valence-electron chi connectivity index (χ0n) is 43.5. The SMILES string of the molecule is CC(C)(COP(=O)(O)OP(=O)(O)OC[C@H]1O[C@@H](n2cnc3c(N)ncnc32)[C@H](O)[C@@H]1OP(=O)(O)O)[C@H](O)C(=O)NCCC(=O)NCCSCC(=O)NC[C@H]1O[C@H](O[C@H]2[C@H](OC3O[C@H](CO)[C@@H](O)[C@H]3O)[C@@H](O)[C@H](N)C[C@@H]2N)[C@H](N)[C@@H](O)[C@@H]1O. The summed E-state index contributed by atoms with van der Waals surface area (Å²) in [6.45, 7) is -0.982. The lowest BCUT2D eigenvalue weighted by molar-refractivity contribution is -0.307. The van der Waals surface area contributed by atoms with Gasteiger partial charge in [-0.05, 0) is 6.42 Å². The van der Waals surface area contributed by atoms with Crippen molar-refractivity contribution in [2.75, 3.05) is 56.7 Å².